The maximum atomic E-state index is 13.2. The first kappa shape index (κ1) is 14.0. The van der Waals surface area contributed by atoms with Crippen molar-refractivity contribution in [1.29, 1.82) is 5.26 Å². The molecule has 1 aromatic carbocycles. The van der Waals surface area contributed by atoms with E-state index in [1.54, 1.807) is 18.2 Å². The van der Waals surface area contributed by atoms with Crippen molar-refractivity contribution in [2.24, 2.45) is 11.7 Å². The van der Waals surface area contributed by atoms with Crippen LogP contribution in [-0.2, 0) is 0 Å². The first-order valence-electron chi connectivity index (χ1n) is 7.02. The molecular formula is C15H16F2N4. The van der Waals surface area contributed by atoms with Crippen LogP contribution >= 0.6 is 0 Å². The number of nitrogens with one attached hydrogen (secondary N) is 1. The largest absolute Gasteiger partial charge is 0.341 e. The van der Waals surface area contributed by atoms with Crippen LogP contribution in [0, 0.1) is 17.2 Å². The summed E-state index contributed by atoms with van der Waals surface area (Å²) in [5.74, 6) is -1.93. The number of aromatic nitrogens is 2. The molecule has 6 heteroatoms. The highest BCUT2D eigenvalue weighted by molar-refractivity contribution is 5.76. The number of nitrogens with two attached hydrogens (primary N) is 1. The Kier molecular flexibility index (Phi) is 3.38. The van der Waals surface area contributed by atoms with Crippen LogP contribution in [0.2, 0.25) is 0 Å². The number of nitriles is 1. The van der Waals surface area contributed by atoms with Crippen LogP contribution in [0.25, 0.3) is 11.0 Å². The van der Waals surface area contributed by atoms with E-state index in [1.807, 2.05) is 0 Å². The summed E-state index contributed by atoms with van der Waals surface area (Å²) in [7, 11) is 0. The van der Waals surface area contributed by atoms with E-state index in [-0.39, 0.29) is 24.8 Å². The van der Waals surface area contributed by atoms with Gasteiger partial charge in [-0.15, -0.1) is 0 Å². The van der Waals surface area contributed by atoms with Gasteiger partial charge in [-0.05, 0) is 37.0 Å². The molecule has 1 unspecified atom stereocenters. The number of nitrogens with zero attached hydrogens (tertiary/aromatic N) is 2. The molecule has 0 spiro atoms. The van der Waals surface area contributed by atoms with Gasteiger partial charge in [0.2, 0.25) is 5.92 Å². The predicted octanol–water partition coefficient (Wildman–Crippen LogP) is 3.26. The van der Waals surface area contributed by atoms with Gasteiger partial charge in [-0.3, -0.25) is 0 Å². The summed E-state index contributed by atoms with van der Waals surface area (Å²) >= 11 is 0. The molecule has 110 valence electrons. The Morgan fingerprint density at radius 1 is 1.38 bits per heavy atom. The lowest BCUT2D eigenvalue weighted by Gasteiger charge is -2.31. The number of hydrogen-bond acceptors (Lipinski definition) is 3. The Morgan fingerprint density at radius 3 is 2.76 bits per heavy atom. The Labute approximate surface area is 121 Å². The first-order valence-corrected chi connectivity index (χ1v) is 7.02. The number of alkyl halides is 2. The summed E-state index contributed by atoms with van der Waals surface area (Å²) in [5.41, 5.74) is 8.22. The molecular weight excluding hydrogens is 274 g/mol. The second-order valence-electron chi connectivity index (χ2n) is 5.68. The van der Waals surface area contributed by atoms with E-state index in [9.17, 15) is 8.78 Å². The molecule has 3 rings (SSSR count). The molecule has 0 aliphatic heterocycles. The van der Waals surface area contributed by atoms with Gasteiger partial charge in [-0.1, -0.05) is 0 Å². The molecule has 0 saturated heterocycles. The van der Waals surface area contributed by atoms with Gasteiger partial charge < -0.3 is 10.7 Å². The van der Waals surface area contributed by atoms with E-state index in [0.29, 0.717) is 24.2 Å². The van der Waals surface area contributed by atoms with Crippen molar-refractivity contribution < 1.29 is 8.78 Å². The van der Waals surface area contributed by atoms with Gasteiger partial charge in [0.25, 0.3) is 0 Å². The fourth-order valence-electron chi connectivity index (χ4n) is 2.90. The quantitative estimate of drug-likeness (QED) is 0.891. The second-order valence-corrected chi connectivity index (χ2v) is 5.68. The molecule has 21 heavy (non-hydrogen) atoms. The predicted molar refractivity (Wildman–Crippen MR) is 74.6 cm³/mol. The van der Waals surface area contributed by atoms with E-state index in [0.717, 1.165) is 11.0 Å². The molecule has 1 aromatic heterocycles. The summed E-state index contributed by atoms with van der Waals surface area (Å²) in [4.78, 5) is 7.54. The molecule has 4 nitrogen and oxygen atoms in total. The average molecular weight is 290 g/mol. The van der Waals surface area contributed by atoms with Crippen LogP contribution in [0.1, 0.15) is 43.1 Å². The lowest BCUT2D eigenvalue weighted by molar-refractivity contribution is -0.0486. The van der Waals surface area contributed by atoms with Crippen LogP contribution in [0.3, 0.4) is 0 Å². The van der Waals surface area contributed by atoms with Gasteiger partial charge in [0.15, 0.2) is 0 Å². The average Bonchev–Trinajstić information content (AvgIpc) is 2.89. The molecule has 2 aromatic rings. The van der Waals surface area contributed by atoms with Gasteiger partial charge >= 0.3 is 0 Å². The van der Waals surface area contributed by atoms with Crippen molar-refractivity contribution in [2.75, 3.05) is 0 Å². The summed E-state index contributed by atoms with van der Waals surface area (Å²) in [6.45, 7) is 0. The lowest BCUT2D eigenvalue weighted by atomic mass is 9.82. The zero-order valence-electron chi connectivity index (χ0n) is 11.4. The van der Waals surface area contributed by atoms with E-state index in [4.69, 9.17) is 11.0 Å². The molecule has 1 saturated carbocycles. The van der Waals surface area contributed by atoms with Crippen LogP contribution in [0.5, 0.6) is 0 Å². The van der Waals surface area contributed by atoms with Crippen LogP contribution < -0.4 is 5.73 Å². The monoisotopic (exact) mass is 290 g/mol. The number of hydrogen-bond donors (Lipinski definition) is 2. The minimum absolute atomic E-state index is 0.0145. The van der Waals surface area contributed by atoms with Crippen molar-refractivity contribution >= 4 is 11.0 Å². The summed E-state index contributed by atoms with van der Waals surface area (Å²) in [6.07, 6.45) is 0.609. The number of benzene rings is 1. The molecule has 1 aliphatic rings. The summed E-state index contributed by atoms with van der Waals surface area (Å²) in [5, 5.41) is 8.89. The maximum absolute atomic E-state index is 13.2. The topological polar surface area (TPSA) is 78.5 Å². The number of rotatable bonds is 2. The van der Waals surface area contributed by atoms with Crippen LogP contribution in [0.15, 0.2) is 18.2 Å². The second kappa shape index (κ2) is 5.08. The van der Waals surface area contributed by atoms with Gasteiger partial charge in [0, 0.05) is 12.8 Å². The fourth-order valence-corrected chi connectivity index (χ4v) is 2.90. The number of imidazole rings is 1. The van der Waals surface area contributed by atoms with Crippen LogP contribution in [0.4, 0.5) is 8.78 Å². The molecule has 0 bridgehead atoms. The Hall–Kier alpha value is -2.00. The number of aromatic amines is 1. The molecule has 1 fully saturated rings. The van der Waals surface area contributed by atoms with Crippen molar-refractivity contribution in [3.63, 3.8) is 0 Å². The highest BCUT2D eigenvalue weighted by Gasteiger charge is 2.37. The third-order valence-corrected chi connectivity index (χ3v) is 4.21. The molecule has 1 heterocycles. The van der Waals surface area contributed by atoms with Crippen LogP contribution in [-0.4, -0.2) is 15.9 Å². The third kappa shape index (κ3) is 2.74. The zero-order chi connectivity index (χ0) is 15.0. The summed E-state index contributed by atoms with van der Waals surface area (Å²) in [6, 6.07) is 6.86. The molecule has 0 radical (unpaired) electrons. The van der Waals surface area contributed by atoms with E-state index in [1.165, 1.54) is 0 Å². The van der Waals surface area contributed by atoms with Gasteiger partial charge in [-0.25, -0.2) is 13.8 Å². The molecule has 1 aliphatic carbocycles. The zero-order valence-corrected chi connectivity index (χ0v) is 11.4. The number of fused-ring (bicyclic) bond motifs is 1. The normalized spacial score (nSPS) is 20.3. The minimum atomic E-state index is -2.55. The van der Waals surface area contributed by atoms with Gasteiger partial charge in [0.1, 0.15) is 5.82 Å². The molecule has 1 atom stereocenters. The number of H-pyrrole nitrogens is 1. The fraction of sp³-hybridized carbons (Fsp3) is 0.467. The van der Waals surface area contributed by atoms with Crippen molar-refractivity contribution in [3.05, 3.63) is 29.6 Å². The van der Waals surface area contributed by atoms with Gasteiger partial charge in [0.05, 0.1) is 28.7 Å². The maximum Gasteiger partial charge on any atom is 0.248 e. The standard InChI is InChI=1S/C15H16F2N4/c16-15(17)5-3-10(4-6-15)13(19)14-20-11-2-1-9(8-18)7-12(11)21-14/h1-2,7,10,13H,3-6,19H2,(H,20,21). The summed E-state index contributed by atoms with van der Waals surface area (Å²) < 4.78 is 26.4. The Balaban J connectivity index is 1.82. The van der Waals surface area contributed by atoms with Crippen molar-refractivity contribution in [3.8, 4) is 6.07 Å². The number of halogens is 2. The highest BCUT2D eigenvalue weighted by Crippen LogP contribution is 2.40. The third-order valence-electron chi connectivity index (χ3n) is 4.21. The molecule has 0 amide bonds. The molecule has 3 N–H and O–H groups in total. The van der Waals surface area contributed by atoms with E-state index < -0.39 is 5.92 Å². The van der Waals surface area contributed by atoms with Gasteiger partial charge in [-0.2, -0.15) is 5.26 Å². The SMILES string of the molecule is N#Cc1ccc2nc(C(N)C3CCC(F)(F)CC3)[nH]c2c1. The minimum Gasteiger partial charge on any atom is -0.341 e. The van der Waals surface area contributed by atoms with E-state index in [2.05, 4.69) is 16.0 Å². The van der Waals surface area contributed by atoms with Crippen molar-refractivity contribution in [2.45, 2.75) is 37.6 Å². The smallest absolute Gasteiger partial charge is 0.248 e. The Morgan fingerprint density at radius 2 is 2.10 bits per heavy atom. The van der Waals surface area contributed by atoms with E-state index >= 15 is 0 Å². The highest BCUT2D eigenvalue weighted by atomic mass is 19.3. The lowest BCUT2D eigenvalue weighted by Crippen LogP contribution is -2.31. The first-order chi connectivity index (χ1) is 9.98. The Bertz CT molecular complexity index is 691. The van der Waals surface area contributed by atoms with Crippen molar-refractivity contribution in [1.82, 2.24) is 9.97 Å².